The zero-order valence-corrected chi connectivity index (χ0v) is 11.6. The molecule has 1 rings (SSSR count). The van der Waals surface area contributed by atoms with Crippen molar-refractivity contribution in [2.45, 2.75) is 13.0 Å². The SMILES string of the molecule is COC(C)CS(=O)(=O)Nc1cscc1Br. The number of anilines is 1. The predicted octanol–water partition coefficient (Wildman–Crippen LogP) is 2.29. The number of sulfonamides is 1. The highest BCUT2D eigenvalue weighted by atomic mass is 79.9. The Morgan fingerprint density at radius 3 is 2.73 bits per heavy atom. The van der Waals surface area contributed by atoms with Gasteiger partial charge in [0.2, 0.25) is 10.0 Å². The molecule has 4 nitrogen and oxygen atoms in total. The van der Waals surface area contributed by atoms with Crippen LogP contribution < -0.4 is 4.72 Å². The van der Waals surface area contributed by atoms with Gasteiger partial charge in [-0.1, -0.05) is 0 Å². The van der Waals surface area contributed by atoms with E-state index in [2.05, 4.69) is 20.7 Å². The topological polar surface area (TPSA) is 55.4 Å². The van der Waals surface area contributed by atoms with E-state index in [-0.39, 0.29) is 11.9 Å². The Balaban J connectivity index is 2.69. The average molecular weight is 314 g/mol. The van der Waals surface area contributed by atoms with E-state index in [0.29, 0.717) is 5.69 Å². The molecule has 0 bridgehead atoms. The summed E-state index contributed by atoms with van der Waals surface area (Å²) in [6, 6.07) is 0. The Bertz CT molecular complexity index is 415. The first-order valence-electron chi connectivity index (χ1n) is 4.19. The van der Waals surface area contributed by atoms with Crippen molar-refractivity contribution in [2.24, 2.45) is 0 Å². The van der Waals surface area contributed by atoms with Crippen molar-refractivity contribution in [3.63, 3.8) is 0 Å². The van der Waals surface area contributed by atoms with Crippen LogP contribution in [-0.2, 0) is 14.8 Å². The second-order valence-electron chi connectivity index (χ2n) is 3.06. The average Bonchev–Trinajstić information content (AvgIpc) is 2.50. The van der Waals surface area contributed by atoms with E-state index in [1.54, 1.807) is 12.3 Å². The highest BCUT2D eigenvalue weighted by Crippen LogP contribution is 2.27. The van der Waals surface area contributed by atoms with Gasteiger partial charge in [-0.25, -0.2) is 8.42 Å². The quantitative estimate of drug-likeness (QED) is 0.907. The monoisotopic (exact) mass is 313 g/mol. The van der Waals surface area contributed by atoms with E-state index in [4.69, 9.17) is 4.74 Å². The van der Waals surface area contributed by atoms with Crippen LogP contribution in [0.5, 0.6) is 0 Å². The molecule has 1 aromatic heterocycles. The highest BCUT2D eigenvalue weighted by Gasteiger charge is 2.16. The molecule has 1 heterocycles. The van der Waals surface area contributed by atoms with Crippen LogP contribution in [-0.4, -0.2) is 27.4 Å². The molecule has 15 heavy (non-hydrogen) atoms. The smallest absolute Gasteiger partial charge is 0.235 e. The van der Waals surface area contributed by atoms with Crippen molar-refractivity contribution in [3.8, 4) is 0 Å². The van der Waals surface area contributed by atoms with E-state index < -0.39 is 10.0 Å². The number of hydrogen-bond acceptors (Lipinski definition) is 4. The van der Waals surface area contributed by atoms with Crippen molar-refractivity contribution in [3.05, 3.63) is 15.2 Å². The number of ether oxygens (including phenoxy) is 1. The molecule has 0 aliphatic rings. The predicted molar refractivity (Wildman–Crippen MR) is 65.9 cm³/mol. The van der Waals surface area contributed by atoms with Gasteiger partial charge in [0.05, 0.1) is 22.0 Å². The molecule has 0 aliphatic carbocycles. The van der Waals surface area contributed by atoms with Gasteiger partial charge in [0.25, 0.3) is 0 Å². The maximum atomic E-state index is 11.6. The van der Waals surface area contributed by atoms with Crippen molar-refractivity contribution >= 4 is 43.0 Å². The lowest BCUT2D eigenvalue weighted by molar-refractivity contribution is 0.136. The first kappa shape index (κ1) is 13.0. The second-order valence-corrected chi connectivity index (χ2v) is 6.43. The number of rotatable bonds is 5. The van der Waals surface area contributed by atoms with Crippen LogP contribution in [0, 0.1) is 0 Å². The molecule has 0 saturated carbocycles. The second kappa shape index (κ2) is 5.29. The number of halogens is 1. The Hall–Kier alpha value is -0.110. The van der Waals surface area contributed by atoms with Gasteiger partial charge in [0.1, 0.15) is 0 Å². The normalized spacial score (nSPS) is 13.8. The summed E-state index contributed by atoms with van der Waals surface area (Å²) in [4.78, 5) is 0. The standard InChI is InChI=1S/C8H12BrNO3S2/c1-6(13-2)5-15(11,12)10-8-4-14-3-7(8)9/h3-4,6,10H,5H2,1-2H3. The molecular formula is C8H12BrNO3S2. The van der Waals surface area contributed by atoms with Gasteiger partial charge >= 0.3 is 0 Å². The van der Waals surface area contributed by atoms with Gasteiger partial charge in [-0.05, 0) is 22.9 Å². The molecule has 1 N–H and O–H groups in total. The summed E-state index contributed by atoms with van der Waals surface area (Å²) in [7, 11) is -1.85. The number of methoxy groups -OCH3 is 1. The third-order valence-electron chi connectivity index (χ3n) is 1.74. The third kappa shape index (κ3) is 4.10. The minimum Gasteiger partial charge on any atom is -0.381 e. The molecule has 7 heteroatoms. The van der Waals surface area contributed by atoms with Crippen LogP contribution in [0.3, 0.4) is 0 Å². The maximum Gasteiger partial charge on any atom is 0.235 e. The Kier molecular flexibility index (Phi) is 4.57. The van der Waals surface area contributed by atoms with Crippen molar-refractivity contribution < 1.29 is 13.2 Å². The van der Waals surface area contributed by atoms with Crippen LogP contribution >= 0.6 is 27.3 Å². The maximum absolute atomic E-state index is 11.6. The molecule has 1 aromatic rings. The summed E-state index contributed by atoms with van der Waals surface area (Å²) in [5, 5.41) is 3.55. The van der Waals surface area contributed by atoms with Crippen LogP contribution in [0.25, 0.3) is 0 Å². The highest BCUT2D eigenvalue weighted by molar-refractivity contribution is 9.10. The lowest BCUT2D eigenvalue weighted by Gasteiger charge is -2.11. The molecule has 1 unspecified atom stereocenters. The Morgan fingerprint density at radius 2 is 2.27 bits per heavy atom. The van der Waals surface area contributed by atoms with Crippen LogP contribution in [0.15, 0.2) is 15.2 Å². The van der Waals surface area contributed by atoms with Crippen molar-refractivity contribution in [1.82, 2.24) is 0 Å². The molecule has 0 radical (unpaired) electrons. The minimum absolute atomic E-state index is 0.0498. The molecule has 0 fully saturated rings. The van der Waals surface area contributed by atoms with E-state index >= 15 is 0 Å². The Morgan fingerprint density at radius 1 is 1.60 bits per heavy atom. The fraction of sp³-hybridized carbons (Fsp3) is 0.500. The van der Waals surface area contributed by atoms with Gasteiger partial charge in [-0.2, -0.15) is 0 Å². The van der Waals surface area contributed by atoms with Crippen molar-refractivity contribution in [2.75, 3.05) is 17.6 Å². The number of nitrogens with one attached hydrogen (secondary N) is 1. The minimum atomic E-state index is -3.34. The van der Waals surface area contributed by atoms with E-state index in [9.17, 15) is 8.42 Å². The largest absolute Gasteiger partial charge is 0.381 e. The van der Waals surface area contributed by atoms with E-state index in [0.717, 1.165) is 4.47 Å². The molecule has 0 spiro atoms. The Labute approximate surface area is 102 Å². The van der Waals surface area contributed by atoms with Gasteiger partial charge in [-0.3, -0.25) is 4.72 Å². The lowest BCUT2D eigenvalue weighted by atomic mass is 10.5. The van der Waals surface area contributed by atoms with Gasteiger partial charge in [-0.15, -0.1) is 11.3 Å². The van der Waals surface area contributed by atoms with E-state index in [1.165, 1.54) is 18.4 Å². The molecule has 1 atom stereocenters. The fourth-order valence-electron chi connectivity index (χ4n) is 0.941. The number of thiophene rings is 1. The summed E-state index contributed by atoms with van der Waals surface area (Å²) < 4.78 is 31.4. The third-order valence-corrected chi connectivity index (χ3v) is 4.88. The van der Waals surface area contributed by atoms with Crippen LogP contribution in [0.2, 0.25) is 0 Å². The summed E-state index contributed by atoms with van der Waals surface area (Å²) >= 11 is 4.68. The first-order valence-corrected chi connectivity index (χ1v) is 7.58. The first-order chi connectivity index (χ1) is 6.94. The van der Waals surface area contributed by atoms with Crippen molar-refractivity contribution in [1.29, 1.82) is 0 Å². The molecule has 86 valence electrons. The van der Waals surface area contributed by atoms with Gasteiger partial charge in [0.15, 0.2) is 0 Å². The van der Waals surface area contributed by atoms with Gasteiger partial charge < -0.3 is 4.74 Å². The van der Waals surface area contributed by atoms with Gasteiger partial charge in [0, 0.05) is 17.9 Å². The summed E-state index contributed by atoms with van der Waals surface area (Å²) in [6.07, 6.45) is -0.320. The van der Waals surface area contributed by atoms with E-state index in [1.807, 2.05) is 5.38 Å². The zero-order valence-electron chi connectivity index (χ0n) is 8.36. The molecular weight excluding hydrogens is 302 g/mol. The zero-order chi connectivity index (χ0) is 11.5. The molecule has 0 aromatic carbocycles. The number of hydrogen-bond donors (Lipinski definition) is 1. The molecule has 0 aliphatic heterocycles. The molecule has 0 saturated heterocycles. The molecule has 0 amide bonds. The van der Waals surface area contributed by atoms with Crippen LogP contribution in [0.1, 0.15) is 6.92 Å². The van der Waals surface area contributed by atoms with Crippen LogP contribution in [0.4, 0.5) is 5.69 Å². The summed E-state index contributed by atoms with van der Waals surface area (Å²) in [5.74, 6) is -0.0498. The summed E-state index contributed by atoms with van der Waals surface area (Å²) in [6.45, 7) is 1.71. The fourth-order valence-corrected chi connectivity index (χ4v) is 3.81. The summed E-state index contributed by atoms with van der Waals surface area (Å²) in [5.41, 5.74) is 0.573. The lowest BCUT2D eigenvalue weighted by Crippen LogP contribution is -2.25.